The second-order valence-corrected chi connectivity index (χ2v) is 6.13. The number of nitriles is 1. The van der Waals surface area contributed by atoms with E-state index in [-0.39, 0.29) is 5.75 Å². The molecule has 1 aliphatic heterocycles. The summed E-state index contributed by atoms with van der Waals surface area (Å²) in [6, 6.07) is 2.05. The molecule has 1 atom stereocenters. The van der Waals surface area contributed by atoms with Crippen LogP contribution in [0, 0.1) is 16.7 Å². The smallest absolute Gasteiger partial charge is 0.234 e. The number of piperidine rings is 1. The van der Waals surface area contributed by atoms with Crippen LogP contribution >= 0.6 is 10.7 Å². The van der Waals surface area contributed by atoms with Gasteiger partial charge in [0, 0.05) is 17.2 Å². The first kappa shape index (κ1) is 10.8. The minimum absolute atomic E-state index is 0.259. The van der Waals surface area contributed by atoms with Gasteiger partial charge in [-0.2, -0.15) is 5.26 Å². The first-order valence-electron chi connectivity index (χ1n) is 4.02. The summed E-state index contributed by atoms with van der Waals surface area (Å²) in [5.41, 5.74) is -0.821. The van der Waals surface area contributed by atoms with Gasteiger partial charge in [0.05, 0.1) is 17.2 Å². The fourth-order valence-electron chi connectivity index (χ4n) is 1.55. The maximum Gasteiger partial charge on any atom is 0.234 e. The number of hydrogen-bond acceptors (Lipinski definition) is 4. The third kappa shape index (κ3) is 3.14. The van der Waals surface area contributed by atoms with Gasteiger partial charge in [0.15, 0.2) is 0 Å². The summed E-state index contributed by atoms with van der Waals surface area (Å²) in [5, 5.41) is 11.9. The van der Waals surface area contributed by atoms with E-state index in [0.717, 1.165) is 13.0 Å². The highest BCUT2D eigenvalue weighted by Gasteiger charge is 2.36. The van der Waals surface area contributed by atoms with Gasteiger partial charge < -0.3 is 5.32 Å². The van der Waals surface area contributed by atoms with Crippen LogP contribution in [0.2, 0.25) is 0 Å². The van der Waals surface area contributed by atoms with Gasteiger partial charge in [0.2, 0.25) is 9.05 Å². The van der Waals surface area contributed by atoms with Crippen molar-refractivity contribution >= 4 is 19.7 Å². The third-order valence-corrected chi connectivity index (χ3v) is 3.38. The van der Waals surface area contributed by atoms with Gasteiger partial charge in [-0.25, -0.2) is 8.42 Å². The topological polar surface area (TPSA) is 70.0 Å². The zero-order chi connectivity index (χ0) is 9.95. The van der Waals surface area contributed by atoms with Crippen molar-refractivity contribution in [3.63, 3.8) is 0 Å². The van der Waals surface area contributed by atoms with Crippen LogP contribution < -0.4 is 5.32 Å². The van der Waals surface area contributed by atoms with Crippen molar-refractivity contribution in [2.24, 2.45) is 5.41 Å². The highest BCUT2D eigenvalue weighted by atomic mass is 35.7. The lowest BCUT2D eigenvalue weighted by Gasteiger charge is -2.29. The summed E-state index contributed by atoms with van der Waals surface area (Å²) < 4.78 is 21.7. The highest BCUT2D eigenvalue weighted by Crippen LogP contribution is 2.28. The van der Waals surface area contributed by atoms with Gasteiger partial charge in [-0.15, -0.1) is 0 Å². The van der Waals surface area contributed by atoms with Gasteiger partial charge in [-0.1, -0.05) is 0 Å². The average Bonchev–Trinajstić information content (AvgIpc) is 2.03. The Morgan fingerprint density at radius 1 is 1.62 bits per heavy atom. The molecule has 0 aromatic rings. The number of nitrogens with zero attached hydrogens (tertiary/aromatic N) is 1. The number of halogens is 1. The lowest BCUT2D eigenvalue weighted by Crippen LogP contribution is -2.42. The van der Waals surface area contributed by atoms with Gasteiger partial charge in [0.25, 0.3) is 0 Å². The molecular weight excluding hydrogens is 212 g/mol. The molecule has 0 radical (unpaired) electrons. The molecule has 0 spiro atoms. The van der Waals surface area contributed by atoms with E-state index in [0.29, 0.717) is 13.0 Å². The first-order valence-corrected chi connectivity index (χ1v) is 6.50. The van der Waals surface area contributed by atoms with Crippen LogP contribution in [0.5, 0.6) is 0 Å². The van der Waals surface area contributed by atoms with E-state index < -0.39 is 14.5 Å². The summed E-state index contributed by atoms with van der Waals surface area (Å²) >= 11 is 0. The largest absolute Gasteiger partial charge is 0.315 e. The summed E-state index contributed by atoms with van der Waals surface area (Å²) in [6.45, 7) is 1.25. The molecule has 0 saturated carbocycles. The molecule has 6 heteroatoms. The Labute approximate surface area is 82.3 Å². The van der Waals surface area contributed by atoms with Crippen LogP contribution in [0.1, 0.15) is 12.8 Å². The van der Waals surface area contributed by atoms with Crippen molar-refractivity contribution < 1.29 is 8.42 Å². The quantitative estimate of drug-likeness (QED) is 0.689. The van der Waals surface area contributed by atoms with E-state index in [1.54, 1.807) is 0 Å². The van der Waals surface area contributed by atoms with E-state index in [9.17, 15) is 8.42 Å². The maximum absolute atomic E-state index is 10.9. The van der Waals surface area contributed by atoms with Crippen LogP contribution in [0.15, 0.2) is 0 Å². The Kier molecular flexibility index (Phi) is 3.17. The molecule has 1 aliphatic rings. The molecule has 0 amide bonds. The Hall–Kier alpha value is -0.310. The molecule has 0 aromatic carbocycles. The molecule has 1 rings (SSSR count). The monoisotopic (exact) mass is 222 g/mol. The molecule has 1 unspecified atom stereocenters. The molecule has 13 heavy (non-hydrogen) atoms. The predicted octanol–water partition coefficient (Wildman–Crippen LogP) is 0.448. The van der Waals surface area contributed by atoms with E-state index in [1.165, 1.54) is 0 Å². The van der Waals surface area contributed by atoms with Gasteiger partial charge >= 0.3 is 0 Å². The zero-order valence-corrected chi connectivity index (χ0v) is 8.66. The fourth-order valence-corrected chi connectivity index (χ4v) is 3.15. The van der Waals surface area contributed by atoms with Gasteiger partial charge in [-0.3, -0.25) is 0 Å². The van der Waals surface area contributed by atoms with E-state index >= 15 is 0 Å². The lowest BCUT2D eigenvalue weighted by atomic mass is 9.84. The standard InChI is InChI=1S/C7H11ClN2O2S/c8-13(11,12)6-7(4-9)2-1-3-10-5-7/h10H,1-3,5-6H2. The van der Waals surface area contributed by atoms with Gasteiger partial charge in [0.1, 0.15) is 0 Å². The van der Waals surface area contributed by atoms with Crippen molar-refractivity contribution in [1.82, 2.24) is 5.32 Å². The molecule has 0 aliphatic carbocycles. The molecule has 1 heterocycles. The fraction of sp³-hybridized carbons (Fsp3) is 0.857. The number of nitrogens with one attached hydrogen (secondary N) is 1. The average molecular weight is 223 g/mol. The maximum atomic E-state index is 10.9. The van der Waals surface area contributed by atoms with E-state index in [1.807, 2.05) is 6.07 Å². The van der Waals surface area contributed by atoms with Gasteiger partial charge in [-0.05, 0) is 19.4 Å². The second kappa shape index (κ2) is 3.82. The lowest BCUT2D eigenvalue weighted by molar-refractivity contribution is 0.319. The molecule has 0 bridgehead atoms. The van der Waals surface area contributed by atoms with E-state index in [2.05, 4.69) is 5.32 Å². The molecule has 1 N–H and O–H groups in total. The molecular formula is C7H11ClN2O2S. The van der Waals surface area contributed by atoms with Crippen LogP contribution in [0.4, 0.5) is 0 Å². The van der Waals surface area contributed by atoms with Crippen molar-refractivity contribution in [2.45, 2.75) is 12.8 Å². The van der Waals surface area contributed by atoms with Crippen molar-refractivity contribution in [3.8, 4) is 6.07 Å². The van der Waals surface area contributed by atoms with Crippen LogP contribution in [-0.4, -0.2) is 27.3 Å². The second-order valence-electron chi connectivity index (χ2n) is 3.36. The minimum Gasteiger partial charge on any atom is -0.315 e. The Balaban J connectivity index is 2.76. The summed E-state index contributed by atoms with van der Waals surface area (Å²) in [7, 11) is 1.54. The first-order chi connectivity index (χ1) is 5.97. The minimum atomic E-state index is -3.58. The number of hydrogen-bond donors (Lipinski definition) is 1. The molecule has 4 nitrogen and oxygen atoms in total. The number of rotatable bonds is 2. The van der Waals surface area contributed by atoms with Crippen LogP contribution in [0.3, 0.4) is 0 Å². The summed E-state index contributed by atoms with van der Waals surface area (Å²) in [4.78, 5) is 0. The van der Waals surface area contributed by atoms with Crippen molar-refractivity contribution in [1.29, 1.82) is 5.26 Å². The third-order valence-electron chi connectivity index (χ3n) is 2.16. The summed E-state index contributed by atoms with van der Waals surface area (Å²) in [6.07, 6.45) is 1.42. The van der Waals surface area contributed by atoms with E-state index in [4.69, 9.17) is 15.9 Å². The predicted molar refractivity (Wildman–Crippen MR) is 49.8 cm³/mol. The Morgan fingerprint density at radius 2 is 2.31 bits per heavy atom. The SMILES string of the molecule is N#CC1(CS(=O)(=O)Cl)CCCNC1. The van der Waals surface area contributed by atoms with Crippen LogP contribution in [-0.2, 0) is 9.05 Å². The highest BCUT2D eigenvalue weighted by molar-refractivity contribution is 8.13. The molecule has 1 saturated heterocycles. The molecule has 0 aromatic heterocycles. The van der Waals surface area contributed by atoms with Crippen molar-refractivity contribution in [2.75, 3.05) is 18.8 Å². The Morgan fingerprint density at radius 3 is 2.69 bits per heavy atom. The molecule has 74 valence electrons. The van der Waals surface area contributed by atoms with Crippen molar-refractivity contribution in [3.05, 3.63) is 0 Å². The molecule has 1 fully saturated rings. The zero-order valence-electron chi connectivity index (χ0n) is 7.09. The van der Waals surface area contributed by atoms with Crippen LogP contribution in [0.25, 0.3) is 0 Å². The normalized spacial score (nSPS) is 29.5. The Bertz CT molecular complexity index is 314. The summed E-state index contributed by atoms with van der Waals surface area (Å²) in [5.74, 6) is -0.259.